The summed E-state index contributed by atoms with van der Waals surface area (Å²) in [5.74, 6) is 0.590. The van der Waals surface area contributed by atoms with E-state index in [0.29, 0.717) is 10.8 Å². The van der Waals surface area contributed by atoms with E-state index in [1.54, 1.807) is 0 Å². The zero-order chi connectivity index (χ0) is 13.1. The van der Waals surface area contributed by atoms with Crippen LogP contribution in [0.3, 0.4) is 0 Å². The molecule has 96 valence electrons. The summed E-state index contributed by atoms with van der Waals surface area (Å²) in [5.41, 5.74) is 0.141. The van der Waals surface area contributed by atoms with Crippen LogP contribution in [0.5, 0.6) is 0 Å². The van der Waals surface area contributed by atoms with Crippen LogP contribution in [0.25, 0.3) is 0 Å². The van der Waals surface area contributed by atoms with Gasteiger partial charge in [-0.3, -0.25) is 0 Å². The maximum atomic E-state index is 8.94. The molecule has 0 unspecified atom stereocenters. The number of nitriles is 1. The highest BCUT2D eigenvalue weighted by Crippen LogP contribution is 2.37. The maximum Gasteiger partial charge on any atom is 0.150 e. The molecule has 6 heteroatoms. The summed E-state index contributed by atoms with van der Waals surface area (Å²) in [4.78, 5) is 6.31. The fourth-order valence-corrected chi connectivity index (χ4v) is 2.82. The molecule has 1 aliphatic heterocycles. The van der Waals surface area contributed by atoms with E-state index in [1.807, 2.05) is 6.07 Å². The highest BCUT2D eigenvalue weighted by Gasteiger charge is 2.21. The lowest BCUT2D eigenvalue weighted by atomic mass is 10.2. The molecule has 1 aliphatic rings. The van der Waals surface area contributed by atoms with Gasteiger partial charge in [0.15, 0.2) is 11.0 Å². The number of aromatic nitrogens is 1. The monoisotopic (exact) mass is 303 g/mol. The summed E-state index contributed by atoms with van der Waals surface area (Å²) in [5, 5.41) is 9.57. The zero-order valence-corrected chi connectivity index (χ0v) is 12.0. The molecule has 1 aromatic heterocycles. The van der Waals surface area contributed by atoms with Gasteiger partial charge >= 0.3 is 0 Å². The number of pyridine rings is 1. The Balaban J connectivity index is 2.42. The summed E-state index contributed by atoms with van der Waals surface area (Å²) in [6.45, 7) is 1.79. The van der Waals surface area contributed by atoms with Gasteiger partial charge in [-0.05, 0) is 12.8 Å². The number of nitrogens with zero attached hydrogens (tertiary/aromatic N) is 3. The molecule has 3 nitrogen and oxygen atoms in total. The molecule has 0 amide bonds. The molecule has 0 aromatic carbocycles. The van der Waals surface area contributed by atoms with E-state index in [9.17, 15) is 0 Å². The average molecular weight is 305 g/mol. The Hall–Kier alpha value is -0.690. The first-order chi connectivity index (χ1) is 8.65. The molecule has 2 rings (SSSR count). The third kappa shape index (κ3) is 2.66. The Labute approximate surface area is 121 Å². The molecule has 1 fully saturated rings. The van der Waals surface area contributed by atoms with Crippen molar-refractivity contribution in [1.82, 2.24) is 4.98 Å². The maximum absolute atomic E-state index is 8.94. The number of rotatable bonds is 1. The van der Waals surface area contributed by atoms with Crippen LogP contribution >= 0.6 is 34.8 Å². The van der Waals surface area contributed by atoms with Crippen LogP contribution in [-0.2, 0) is 0 Å². The molecular formula is C12H12Cl3N3. The smallest absolute Gasteiger partial charge is 0.150 e. The van der Waals surface area contributed by atoms with Gasteiger partial charge in [-0.25, -0.2) is 4.98 Å². The fourth-order valence-electron chi connectivity index (χ4n) is 2.08. The average Bonchev–Trinajstić information content (AvgIpc) is 2.63. The van der Waals surface area contributed by atoms with Crippen LogP contribution in [0.15, 0.2) is 0 Å². The van der Waals surface area contributed by atoms with Crippen molar-refractivity contribution in [3.8, 4) is 6.07 Å². The summed E-state index contributed by atoms with van der Waals surface area (Å²) in [7, 11) is 0. The molecule has 0 bridgehead atoms. The van der Waals surface area contributed by atoms with Crippen molar-refractivity contribution in [2.45, 2.75) is 25.7 Å². The van der Waals surface area contributed by atoms with Gasteiger partial charge in [0.1, 0.15) is 16.7 Å². The first-order valence-corrected chi connectivity index (χ1v) is 6.98. The Morgan fingerprint density at radius 1 is 1.00 bits per heavy atom. The Kier molecular flexibility index (Phi) is 4.55. The quantitative estimate of drug-likeness (QED) is 0.726. The lowest BCUT2D eigenvalue weighted by Gasteiger charge is -2.23. The molecule has 18 heavy (non-hydrogen) atoms. The SMILES string of the molecule is N#Cc1c(Cl)nc(N2CCCCCC2)c(Cl)c1Cl. The molecule has 1 saturated heterocycles. The molecular weight excluding hydrogens is 293 g/mol. The molecule has 0 radical (unpaired) electrons. The van der Waals surface area contributed by atoms with Crippen molar-refractivity contribution in [2.75, 3.05) is 18.0 Å². The third-order valence-corrected chi connectivity index (χ3v) is 4.14. The molecule has 0 atom stereocenters. The summed E-state index contributed by atoms with van der Waals surface area (Å²) >= 11 is 18.2. The molecule has 2 heterocycles. The number of hydrogen-bond acceptors (Lipinski definition) is 3. The summed E-state index contributed by atoms with van der Waals surface area (Å²) in [6.07, 6.45) is 4.64. The largest absolute Gasteiger partial charge is 0.355 e. The second-order valence-electron chi connectivity index (χ2n) is 4.24. The first-order valence-electron chi connectivity index (χ1n) is 5.84. The van der Waals surface area contributed by atoms with E-state index in [0.717, 1.165) is 25.9 Å². The van der Waals surface area contributed by atoms with Crippen molar-refractivity contribution in [1.29, 1.82) is 5.26 Å². The minimum absolute atomic E-state index is 0.117. The topological polar surface area (TPSA) is 39.9 Å². The number of halogens is 3. The highest BCUT2D eigenvalue weighted by atomic mass is 35.5. The first kappa shape index (κ1) is 13.7. The van der Waals surface area contributed by atoms with Gasteiger partial charge in [0.05, 0.1) is 5.02 Å². The second-order valence-corrected chi connectivity index (χ2v) is 5.36. The molecule has 0 N–H and O–H groups in total. The van der Waals surface area contributed by atoms with E-state index >= 15 is 0 Å². The van der Waals surface area contributed by atoms with Gasteiger partial charge in [-0.2, -0.15) is 5.26 Å². The zero-order valence-electron chi connectivity index (χ0n) is 9.72. The van der Waals surface area contributed by atoms with E-state index < -0.39 is 0 Å². The Bertz CT molecular complexity index is 488. The molecule has 0 saturated carbocycles. The van der Waals surface area contributed by atoms with E-state index in [-0.39, 0.29) is 15.7 Å². The van der Waals surface area contributed by atoms with Gasteiger partial charge < -0.3 is 4.90 Å². The van der Waals surface area contributed by atoms with Gasteiger partial charge in [-0.1, -0.05) is 47.6 Å². The number of anilines is 1. The lowest BCUT2D eigenvalue weighted by Crippen LogP contribution is -2.25. The van der Waals surface area contributed by atoms with Crippen molar-refractivity contribution in [3.05, 3.63) is 20.8 Å². The predicted octanol–water partition coefficient (Wildman–Crippen LogP) is 4.29. The molecule has 0 aliphatic carbocycles. The van der Waals surface area contributed by atoms with Crippen LogP contribution in [-0.4, -0.2) is 18.1 Å². The van der Waals surface area contributed by atoms with Crippen LogP contribution in [0.2, 0.25) is 15.2 Å². The van der Waals surface area contributed by atoms with Crippen LogP contribution in [0.1, 0.15) is 31.2 Å². The fraction of sp³-hybridized carbons (Fsp3) is 0.500. The Morgan fingerprint density at radius 3 is 2.17 bits per heavy atom. The predicted molar refractivity (Wildman–Crippen MR) is 74.7 cm³/mol. The standard InChI is InChI=1S/C12H12Cl3N3/c13-9-8(7-16)11(15)17-12(10(9)14)18-5-3-1-2-4-6-18/h1-6H2. The van der Waals surface area contributed by atoms with Gasteiger partial charge in [0.2, 0.25) is 0 Å². The molecule has 1 aromatic rings. The van der Waals surface area contributed by atoms with Crippen LogP contribution < -0.4 is 4.90 Å². The van der Waals surface area contributed by atoms with Gasteiger partial charge in [0, 0.05) is 13.1 Å². The van der Waals surface area contributed by atoms with E-state index in [2.05, 4.69) is 9.88 Å². The van der Waals surface area contributed by atoms with Crippen molar-refractivity contribution in [3.63, 3.8) is 0 Å². The van der Waals surface area contributed by atoms with Crippen molar-refractivity contribution >= 4 is 40.6 Å². The summed E-state index contributed by atoms with van der Waals surface area (Å²) in [6, 6.07) is 1.92. The van der Waals surface area contributed by atoms with Crippen molar-refractivity contribution < 1.29 is 0 Å². The second kappa shape index (κ2) is 5.97. The Morgan fingerprint density at radius 2 is 1.61 bits per heavy atom. The molecule has 0 spiro atoms. The number of hydrogen-bond donors (Lipinski definition) is 0. The lowest BCUT2D eigenvalue weighted by molar-refractivity contribution is 0.726. The third-order valence-electron chi connectivity index (χ3n) is 3.04. The van der Waals surface area contributed by atoms with E-state index in [1.165, 1.54) is 12.8 Å². The minimum Gasteiger partial charge on any atom is -0.355 e. The van der Waals surface area contributed by atoms with Gasteiger partial charge in [-0.15, -0.1) is 0 Å². The highest BCUT2D eigenvalue weighted by molar-refractivity contribution is 6.45. The van der Waals surface area contributed by atoms with Crippen LogP contribution in [0, 0.1) is 11.3 Å². The van der Waals surface area contributed by atoms with Crippen LogP contribution in [0.4, 0.5) is 5.82 Å². The normalized spacial score (nSPS) is 16.2. The summed E-state index contributed by atoms with van der Waals surface area (Å²) < 4.78 is 0. The minimum atomic E-state index is 0.117. The van der Waals surface area contributed by atoms with Crippen molar-refractivity contribution in [2.24, 2.45) is 0 Å². The van der Waals surface area contributed by atoms with Gasteiger partial charge in [0.25, 0.3) is 0 Å². The van der Waals surface area contributed by atoms with E-state index in [4.69, 9.17) is 40.1 Å².